The Balaban J connectivity index is 1.49. The third-order valence-corrected chi connectivity index (χ3v) is 5.49. The molecule has 1 aliphatic heterocycles. The van der Waals surface area contributed by atoms with Crippen molar-refractivity contribution >= 4 is 32.4 Å². The molecular weight excluding hydrogens is 363 g/mol. The van der Waals surface area contributed by atoms with E-state index >= 15 is 0 Å². The number of alkyl halides is 3. The van der Waals surface area contributed by atoms with Gasteiger partial charge in [-0.05, 0) is 31.0 Å². The topological polar surface area (TPSA) is 46.0 Å². The molecule has 2 aromatic heterocycles. The first kappa shape index (κ1) is 17.1. The first-order chi connectivity index (χ1) is 12.4. The largest absolute Gasteiger partial charge is 0.416 e. The predicted molar refractivity (Wildman–Crippen MR) is 96.7 cm³/mol. The molecule has 1 aromatic carbocycles. The van der Waals surface area contributed by atoms with Crippen LogP contribution in [0.3, 0.4) is 0 Å². The van der Waals surface area contributed by atoms with Gasteiger partial charge in [0.2, 0.25) is 0 Å². The van der Waals surface area contributed by atoms with Crippen LogP contribution in [0.15, 0.2) is 30.6 Å². The Labute approximate surface area is 152 Å². The lowest BCUT2D eigenvalue weighted by Crippen LogP contribution is -2.42. The molecule has 1 unspecified atom stereocenters. The van der Waals surface area contributed by atoms with Gasteiger partial charge < -0.3 is 10.2 Å². The molecule has 4 rings (SSSR count). The standard InChI is InChI=1S/C17H18F3N5S/c1-24-10-13(8-21-24)25-6-2-3-12(9-25)22-16-23-14-7-11(17(18,19)20)4-5-15(14)26-16/h4-5,7-8,10,12H,2-3,6,9H2,1H3,(H,22,23). The first-order valence-corrected chi connectivity index (χ1v) is 9.18. The highest BCUT2D eigenvalue weighted by molar-refractivity contribution is 7.22. The highest BCUT2D eigenvalue weighted by Gasteiger charge is 2.31. The third kappa shape index (κ3) is 3.48. The number of aromatic nitrogens is 3. The van der Waals surface area contributed by atoms with Crippen LogP contribution in [0.4, 0.5) is 24.0 Å². The summed E-state index contributed by atoms with van der Waals surface area (Å²) in [6, 6.07) is 3.91. The Hall–Kier alpha value is -2.29. The van der Waals surface area contributed by atoms with Crippen molar-refractivity contribution in [1.82, 2.24) is 14.8 Å². The average Bonchev–Trinajstić information content (AvgIpc) is 3.19. The average molecular weight is 381 g/mol. The van der Waals surface area contributed by atoms with E-state index in [0.29, 0.717) is 10.6 Å². The minimum atomic E-state index is -4.35. The van der Waals surface area contributed by atoms with Gasteiger partial charge in [0, 0.05) is 32.4 Å². The Morgan fingerprint density at radius 2 is 2.15 bits per heavy atom. The number of nitrogens with zero attached hydrogens (tertiary/aromatic N) is 4. The number of hydrogen-bond acceptors (Lipinski definition) is 5. The van der Waals surface area contributed by atoms with Crippen LogP contribution >= 0.6 is 11.3 Å². The third-order valence-electron chi connectivity index (χ3n) is 4.52. The minimum Gasteiger partial charge on any atom is -0.367 e. The maximum Gasteiger partial charge on any atom is 0.416 e. The summed E-state index contributed by atoms with van der Waals surface area (Å²) in [6.07, 6.45) is 1.52. The monoisotopic (exact) mass is 381 g/mol. The number of nitrogens with one attached hydrogen (secondary N) is 1. The maximum atomic E-state index is 12.8. The molecule has 0 spiro atoms. The zero-order chi connectivity index (χ0) is 18.3. The molecule has 0 amide bonds. The summed E-state index contributed by atoms with van der Waals surface area (Å²) < 4.78 is 41.1. The fraction of sp³-hybridized carbons (Fsp3) is 0.412. The van der Waals surface area contributed by atoms with Gasteiger partial charge in [-0.3, -0.25) is 4.68 Å². The molecule has 3 aromatic rings. The van der Waals surface area contributed by atoms with Crippen LogP contribution in [0.5, 0.6) is 0 Å². The van der Waals surface area contributed by atoms with Crippen molar-refractivity contribution in [2.45, 2.75) is 25.1 Å². The van der Waals surface area contributed by atoms with Gasteiger partial charge in [-0.15, -0.1) is 0 Å². The number of aryl methyl sites for hydroxylation is 1. The van der Waals surface area contributed by atoms with Gasteiger partial charge in [-0.1, -0.05) is 11.3 Å². The first-order valence-electron chi connectivity index (χ1n) is 8.36. The summed E-state index contributed by atoms with van der Waals surface area (Å²) in [4.78, 5) is 6.62. The molecule has 0 radical (unpaired) electrons. The van der Waals surface area contributed by atoms with Crippen LogP contribution in [0.25, 0.3) is 10.2 Å². The van der Waals surface area contributed by atoms with E-state index in [4.69, 9.17) is 0 Å². The summed E-state index contributed by atoms with van der Waals surface area (Å²) in [7, 11) is 1.89. The highest BCUT2D eigenvalue weighted by atomic mass is 32.1. The number of anilines is 2. The molecule has 5 nitrogen and oxygen atoms in total. The van der Waals surface area contributed by atoms with Crippen LogP contribution in [-0.4, -0.2) is 33.9 Å². The van der Waals surface area contributed by atoms with Crippen LogP contribution < -0.4 is 10.2 Å². The second-order valence-corrected chi connectivity index (χ2v) is 7.53. The van der Waals surface area contributed by atoms with Gasteiger partial charge in [0.15, 0.2) is 5.13 Å². The number of thiazole rings is 1. The van der Waals surface area contributed by atoms with Crippen LogP contribution in [-0.2, 0) is 13.2 Å². The lowest BCUT2D eigenvalue weighted by molar-refractivity contribution is -0.137. The molecule has 26 heavy (non-hydrogen) atoms. The van der Waals surface area contributed by atoms with Crippen LogP contribution in [0.2, 0.25) is 0 Å². The van der Waals surface area contributed by atoms with Crippen molar-refractivity contribution in [2.24, 2.45) is 7.05 Å². The Kier molecular flexibility index (Phi) is 4.26. The zero-order valence-electron chi connectivity index (χ0n) is 14.1. The van der Waals surface area contributed by atoms with Crippen molar-refractivity contribution < 1.29 is 13.2 Å². The maximum absolute atomic E-state index is 12.8. The second kappa shape index (κ2) is 6.46. The van der Waals surface area contributed by atoms with E-state index in [-0.39, 0.29) is 6.04 Å². The smallest absolute Gasteiger partial charge is 0.367 e. The van der Waals surface area contributed by atoms with Gasteiger partial charge >= 0.3 is 6.18 Å². The number of fused-ring (bicyclic) bond motifs is 1. The second-order valence-electron chi connectivity index (χ2n) is 6.50. The van der Waals surface area contributed by atoms with E-state index in [1.807, 2.05) is 19.4 Å². The molecule has 0 aliphatic carbocycles. The van der Waals surface area contributed by atoms with E-state index in [0.717, 1.165) is 48.5 Å². The molecule has 1 fully saturated rings. The van der Waals surface area contributed by atoms with E-state index in [9.17, 15) is 13.2 Å². The van der Waals surface area contributed by atoms with Crippen molar-refractivity contribution in [3.63, 3.8) is 0 Å². The van der Waals surface area contributed by atoms with Gasteiger partial charge in [0.05, 0.1) is 27.7 Å². The van der Waals surface area contributed by atoms with E-state index in [1.54, 1.807) is 4.68 Å². The normalized spacial score (nSPS) is 18.5. The SMILES string of the molecule is Cn1cc(N2CCCC(Nc3nc4cc(C(F)(F)F)ccc4s3)C2)cn1. The Morgan fingerprint density at radius 1 is 1.31 bits per heavy atom. The number of halogens is 3. The highest BCUT2D eigenvalue weighted by Crippen LogP contribution is 2.34. The molecule has 1 atom stereocenters. The van der Waals surface area contributed by atoms with Crippen LogP contribution in [0.1, 0.15) is 18.4 Å². The van der Waals surface area contributed by atoms with Crippen molar-refractivity contribution in [3.8, 4) is 0 Å². The van der Waals surface area contributed by atoms with Gasteiger partial charge in [0.25, 0.3) is 0 Å². The van der Waals surface area contributed by atoms with Crippen molar-refractivity contribution in [1.29, 1.82) is 0 Å². The van der Waals surface area contributed by atoms with Gasteiger partial charge in [-0.25, -0.2) is 4.98 Å². The predicted octanol–water partition coefficient (Wildman–Crippen LogP) is 4.13. The molecule has 1 saturated heterocycles. The number of hydrogen-bond donors (Lipinski definition) is 1. The molecule has 1 N–H and O–H groups in total. The summed E-state index contributed by atoms with van der Waals surface area (Å²) in [5, 5.41) is 8.27. The fourth-order valence-electron chi connectivity index (χ4n) is 3.24. The molecule has 3 heterocycles. The zero-order valence-corrected chi connectivity index (χ0v) is 14.9. The summed E-state index contributed by atoms with van der Waals surface area (Å²) >= 11 is 1.39. The van der Waals surface area contributed by atoms with Crippen LogP contribution in [0, 0.1) is 0 Å². The molecule has 9 heteroatoms. The number of benzene rings is 1. The summed E-state index contributed by atoms with van der Waals surface area (Å²) in [5.74, 6) is 0. The van der Waals surface area contributed by atoms with Crippen molar-refractivity contribution in [2.75, 3.05) is 23.3 Å². The molecule has 138 valence electrons. The Morgan fingerprint density at radius 3 is 2.88 bits per heavy atom. The number of rotatable bonds is 3. The Bertz CT molecular complexity index is 917. The van der Waals surface area contributed by atoms with E-state index in [1.165, 1.54) is 17.4 Å². The van der Waals surface area contributed by atoms with Gasteiger partial charge in [0.1, 0.15) is 0 Å². The fourth-order valence-corrected chi connectivity index (χ4v) is 4.16. The quantitative estimate of drug-likeness (QED) is 0.741. The molecule has 0 bridgehead atoms. The lowest BCUT2D eigenvalue weighted by atomic mass is 10.1. The number of piperidine rings is 1. The summed E-state index contributed by atoms with van der Waals surface area (Å²) in [5.41, 5.74) is 0.799. The van der Waals surface area contributed by atoms with Gasteiger partial charge in [-0.2, -0.15) is 18.3 Å². The van der Waals surface area contributed by atoms with E-state index < -0.39 is 11.7 Å². The van der Waals surface area contributed by atoms with Crippen molar-refractivity contribution in [3.05, 3.63) is 36.2 Å². The minimum absolute atomic E-state index is 0.201. The lowest BCUT2D eigenvalue weighted by Gasteiger charge is -2.33. The molecule has 1 aliphatic rings. The summed E-state index contributed by atoms with van der Waals surface area (Å²) in [6.45, 7) is 1.79. The van der Waals surface area contributed by atoms with E-state index in [2.05, 4.69) is 20.3 Å². The molecule has 0 saturated carbocycles. The molecular formula is C17H18F3N5S.